The molecule has 0 spiro atoms. The summed E-state index contributed by atoms with van der Waals surface area (Å²) in [5, 5.41) is 0.968. The van der Waals surface area contributed by atoms with Gasteiger partial charge in [-0.3, -0.25) is 5.01 Å². The molecule has 1 heterocycles. The van der Waals surface area contributed by atoms with Crippen LogP contribution in [0.5, 0.6) is 0 Å². The lowest BCUT2D eigenvalue weighted by molar-refractivity contribution is -0.141. The maximum Gasteiger partial charge on any atom is 0.434 e. The molecular formula is C26H21F6N5S. The molecule has 0 radical (unpaired) electrons. The van der Waals surface area contributed by atoms with Gasteiger partial charge >= 0.3 is 6.18 Å². The first-order valence-corrected chi connectivity index (χ1v) is 12.2. The number of hydrogen-bond donors (Lipinski definition) is 2. The van der Waals surface area contributed by atoms with Crippen molar-refractivity contribution in [2.24, 2.45) is 11.6 Å². The zero-order chi connectivity index (χ0) is 27.8. The zero-order valence-electron chi connectivity index (χ0n) is 20.0. The van der Waals surface area contributed by atoms with E-state index in [-0.39, 0.29) is 28.5 Å². The third kappa shape index (κ3) is 5.22. The fraction of sp³-hybridized carbons (Fsp3) is 0.115. The van der Waals surface area contributed by atoms with Gasteiger partial charge in [-0.2, -0.15) is 13.2 Å². The molecule has 0 saturated heterocycles. The number of aryl methyl sites for hydroxylation is 1. The van der Waals surface area contributed by atoms with Gasteiger partial charge in [0.25, 0.3) is 0 Å². The van der Waals surface area contributed by atoms with E-state index < -0.39 is 29.3 Å². The minimum Gasteiger partial charge on any atom is -0.403 e. The van der Waals surface area contributed by atoms with Crippen molar-refractivity contribution < 1.29 is 26.3 Å². The number of thioether (sulfide) groups is 1. The van der Waals surface area contributed by atoms with Crippen molar-refractivity contribution in [3.05, 3.63) is 102 Å². The lowest BCUT2D eigenvalue weighted by Crippen LogP contribution is -2.31. The van der Waals surface area contributed by atoms with Crippen molar-refractivity contribution >= 4 is 23.1 Å². The van der Waals surface area contributed by atoms with Gasteiger partial charge in [-0.1, -0.05) is 18.2 Å². The van der Waals surface area contributed by atoms with Gasteiger partial charge in [-0.05, 0) is 60.7 Å². The van der Waals surface area contributed by atoms with Crippen LogP contribution in [0.1, 0.15) is 17.1 Å². The second kappa shape index (κ2) is 10.5. The first-order valence-electron chi connectivity index (χ1n) is 11.0. The molecule has 0 unspecified atom stereocenters. The van der Waals surface area contributed by atoms with Crippen LogP contribution < -0.4 is 16.6 Å². The van der Waals surface area contributed by atoms with Crippen LogP contribution in [-0.4, -0.2) is 15.8 Å². The Bertz CT molecular complexity index is 1510. The molecular weight excluding hydrogens is 528 g/mol. The summed E-state index contributed by atoms with van der Waals surface area (Å²) in [6, 6.07) is 13.8. The maximum absolute atomic E-state index is 14.0. The highest BCUT2D eigenvalue weighted by Gasteiger charge is 2.35. The lowest BCUT2D eigenvalue weighted by Gasteiger charge is -2.26. The number of anilines is 1. The summed E-state index contributed by atoms with van der Waals surface area (Å²) in [5.74, 6) is 1.81. The maximum atomic E-state index is 14.0. The summed E-state index contributed by atoms with van der Waals surface area (Å²) in [4.78, 5) is 4.58. The Morgan fingerprint density at radius 1 is 1.00 bits per heavy atom. The van der Waals surface area contributed by atoms with Gasteiger partial charge < -0.3 is 10.3 Å². The third-order valence-electron chi connectivity index (χ3n) is 5.77. The van der Waals surface area contributed by atoms with Gasteiger partial charge in [0, 0.05) is 22.9 Å². The highest BCUT2D eigenvalue weighted by Crippen LogP contribution is 2.37. The normalized spacial score (nSPS) is 12.2. The Morgan fingerprint density at radius 3 is 2.24 bits per heavy atom. The molecule has 198 valence electrons. The molecule has 0 atom stereocenters. The Labute approximate surface area is 218 Å². The van der Waals surface area contributed by atoms with E-state index in [4.69, 9.17) is 11.6 Å². The number of benzene rings is 3. The Kier molecular flexibility index (Phi) is 7.47. The van der Waals surface area contributed by atoms with Crippen LogP contribution in [0.15, 0.2) is 71.9 Å². The summed E-state index contributed by atoms with van der Waals surface area (Å²) < 4.78 is 82.9. The molecule has 0 amide bonds. The second-order valence-electron chi connectivity index (χ2n) is 8.15. The summed E-state index contributed by atoms with van der Waals surface area (Å²) in [6.45, 7) is 1.39. The predicted molar refractivity (Wildman–Crippen MR) is 136 cm³/mol. The largest absolute Gasteiger partial charge is 0.434 e. The van der Waals surface area contributed by atoms with Crippen LogP contribution >= 0.6 is 11.8 Å². The average molecular weight is 550 g/mol. The number of nitrogens with two attached hydrogens (primary N) is 2. The van der Waals surface area contributed by atoms with Crippen LogP contribution in [-0.2, 0) is 6.18 Å². The Balaban J connectivity index is 1.93. The fourth-order valence-corrected chi connectivity index (χ4v) is 4.36. The highest BCUT2D eigenvalue weighted by molar-refractivity contribution is 7.98. The van der Waals surface area contributed by atoms with Crippen LogP contribution in [0, 0.1) is 24.4 Å². The van der Waals surface area contributed by atoms with E-state index in [0.717, 1.165) is 27.9 Å². The smallest absolute Gasteiger partial charge is 0.403 e. The van der Waals surface area contributed by atoms with Gasteiger partial charge in [0.05, 0.1) is 17.1 Å². The quantitative estimate of drug-likeness (QED) is 0.0927. The molecule has 0 bridgehead atoms. The Morgan fingerprint density at radius 2 is 1.66 bits per heavy atom. The topological polar surface area (TPSA) is 73.1 Å². The van der Waals surface area contributed by atoms with Crippen LogP contribution in [0.2, 0.25) is 0 Å². The molecule has 1 aromatic heterocycles. The van der Waals surface area contributed by atoms with Crippen molar-refractivity contribution in [1.29, 1.82) is 0 Å². The van der Waals surface area contributed by atoms with Gasteiger partial charge in [0.15, 0.2) is 23.1 Å². The number of hydrogen-bond acceptors (Lipinski definition) is 5. The summed E-state index contributed by atoms with van der Waals surface area (Å²) in [5.41, 5.74) is 6.07. The SMILES string of the molecule is CSc1cccc(-c2ccc(-n3cc(C(F)(F)F)nc3C)c(N(N)/C(=C\N)c3cc(F)c(F)c(F)c3)c2)c1. The molecule has 12 heteroatoms. The molecule has 0 aliphatic rings. The summed E-state index contributed by atoms with van der Waals surface area (Å²) >= 11 is 1.52. The van der Waals surface area contributed by atoms with Crippen molar-refractivity contribution in [1.82, 2.24) is 9.55 Å². The number of nitrogens with zero attached hydrogens (tertiary/aromatic N) is 3. The fourth-order valence-electron chi connectivity index (χ4n) is 3.90. The number of hydrazine groups is 1. The van der Waals surface area contributed by atoms with E-state index in [0.29, 0.717) is 17.7 Å². The molecule has 38 heavy (non-hydrogen) atoms. The van der Waals surface area contributed by atoms with Crippen LogP contribution in [0.3, 0.4) is 0 Å². The van der Waals surface area contributed by atoms with Crippen molar-refractivity contribution in [3.8, 4) is 16.8 Å². The first-order chi connectivity index (χ1) is 17.9. The van der Waals surface area contributed by atoms with Crippen LogP contribution in [0.4, 0.5) is 32.0 Å². The van der Waals surface area contributed by atoms with Gasteiger partial charge in [-0.25, -0.2) is 24.0 Å². The van der Waals surface area contributed by atoms with Gasteiger partial charge in [0.2, 0.25) is 0 Å². The molecule has 0 aliphatic carbocycles. The molecule has 4 aromatic rings. The minimum absolute atomic E-state index is 0.0151. The number of halogens is 6. The standard InChI is InChI=1S/C26H21F6N5S/c1-14-35-24(26(30,31)32)13-36(14)21-7-6-16(15-4-3-5-18(8-15)38-2)11-22(21)37(34)23(12-33)17-9-19(27)25(29)20(28)10-17/h3-13H,33-34H2,1-2H3/b23-12-. The predicted octanol–water partition coefficient (Wildman–Crippen LogP) is 6.64. The number of alkyl halides is 3. The van der Waals surface area contributed by atoms with E-state index in [1.54, 1.807) is 18.2 Å². The first kappa shape index (κ1) is 27.1. The van der Waals surface area contributed by atoms with E-state index in [9.17, 15) is 26.3 Å². The third-order valence-corrected chi connectivity index (χ3v) is 6.49. The summed E-state index contributed by atoms with van der Waals surface area (Å²) in [7, 11) is 0. The van der Waals surface area contributed by atoms with Crippen molar-refractivity contribution in [3.63, 3.8) is 0 Å². The van der Waals surface area contributed by atoms with E-state index >= 15 is 0 Å². The van der Waals surface area contributed by atoms with E-state index in [1.165, 1.54) is 23.3 Å². The van der Waals surface area contributed by atoms with Gasteiger partial charge in [0.1, 0.15) is 5.82 Å². The number of aromatic nitrogens is 2. The van der Waals surface area contributed by atoms with Crippen LogP contribution in [0.25, 0.3) is 22.5 Å². The van der Waals surface area contributed by atoms with Gasteiger partial charge in [-0.15, -0.1) is 11.8 Å². The van der Waals surface area contributed by atoms with E-state index in [2.05, 4.69) is 4.98 Å². The highest BCUT2D eigenvalue weighted by atomic mass is 32.2. The molecule has 5 nitrogen and oxygen atoms in total. The van der Waals surface area contributed by atoms with E-state index in [1.807, 2.05) is 30.5 Å². The molecule has 3 aromatic carbocycles. The summed E-state index contributed by atoms with van der Waals surface area (Å²) in [6.07, 6.45) is -1.01. The number of rotatable bonds is 6. The molecule has 4 N–H and O–H groups in total. The Hall–Kier alpha value is -3.90. The average Bonchev–Trinajstić information content (AvgIpc) is 3.29. The molecule has 0 fully saturated rings. The second-order valence-corrected chi connectivity index (χ2v) is 9.03. The minimum atomic E-state index is -4.69. The lowest BCUT2D eigenvalue weighted by atomic mass is 10.0. The number of imidazole rings is 1. The molecule has 0 saturated carbocycles. The zero-order valence-corrected chi connectivity index (χ0v) is 20.8. The van der Waals surface area contributed by atoms with Crippen molar-refractivity contribution in [2.45, 2.75) is 18.0 Å². The van der Waals surface area contributed by atoms with Crippen molar-refractivity contribution in [2.75, 3.05) is 11.3 Å². The molecule has 0 aliphatic heterocycles. The molecule has 4 rings (SSSR count). The monoisotopic (exact) mass is 549 g/mol.